The van der Waals surface area contributed by atoms with E-state index in [-0.39, 0.29) is 11.3 Å². The number of nitriles is 1. The molecule has 0 saturated heterocycles. The van der Waals surface area contributed by atoms with E-state index in [2.05, 4.69) is 26.2 Å². The molecule has 2 rings (SSSR count). The molecule has 0 aliphatic carbocycles. The van der Waals surface area contributed by atoms with Crippen LogP contribution in [0.4, 0.5) is 11.4 Å². The molecule has 0 amide bonds. The van der Waals surface area contributed by atoms with Crippen LogP contribution in [0.5, 0.6) is 0 Å². The van der Waals surface area contributed by atoms with Gasteiger partial charge in [-0.25, -0.2) is 0 Å². The Labute approximate surface area is 123 Å². The van der Waals surface area contributed by atoms with Gasteiger partial charge in [0.2, 0.25) is 0 Å². The number of pyridine rings is 1. The lowest BCUT2D eigenvalue weighted by atomic mass is 10.1. The van der Waals surface area contributed by atoms with Crippen molar-refractivity contribution >= 4 is 27.3 Å². The molecule has 0 saturated carbocycles. The number of rotatable bonds is 4. The van der Waals surface area contributed by atoms with E-state index in [4.69, 9.17) is 5.26 Å². The average molecular weight is 333 g/mol. The first-order valence-corrected chi connectivity index (χ1v) is 6.42. The molecule has 0 fully saturated rings. The van der Waals surface area contributed by atoms with Crippen molar-refractivity contribution in [3.05, 3.63) is 62.4 Å². The molecule has 0 radical (unpaired) electrons. The van der Waals surface area contributed by atoms with Crippen molar-refractivity contribution in [1.29, 1.82) is 5.26 Å². The van der Waals surface area contributed by atoms with Crippen LogP contribution in [0.3, 0.4) is 0 Å². The number of hydrogen-bond donors (Lipinski definition) is 1. The van der Waals surface area contributed by atoms with Crippen LogP contribution >= 0.6 is 15.9 Å². The number of nitrogens with zero attached hydrogens (tertiary/aromatic N) is 3. The van der Waals surface area contributed by atoms with Gasteiger partial charge < -0.3 is 5.32 Å². The zero-order chi connectivity index (χ0) is 14.5. The highest BCUT2D eigenvalue weighted by atomic mass is 79.9. The Bertz CT molecular complexity index is 680. The van der Waals surface area contributed by atoms with Gasteiger partial charge in [-0.1, -0.05) is 0 Å². The minimum absolute atomic E-state index is 0.103. The van der Waals surface area contributed by atoms with Crippen LogP contribution in [0.2, 0.25) is 0 Å². The second kappa shape index (κ2) is 6.12. The molecule has 100 valence electrons. The summed E-state index contributed by atoms with van der Waals surface area (Å²) in [6, 6.07) is 9.78. The molecular weight excluding hydrogens is 324 g/mol. The van der Waals surface area contributed by atoms with Crippen LogP contribution in [-0.4, -0.2) is 9.91 Å². The van der Waals surface area contributed by atoms with E-state index in [0.29, 0.717) is 12.2 Å². The van der Waals surface area contributed by atoms with Crippen molar-refractivity contribution in [3.8, 4) is 6.07 Å². The van der Waals surface area contributed by atoms with Crippen molar-refractivity contribution in [2.24, 2.45) is 0 Å². The molecular formula is C13H9BrN4O2. The maximum absolute atomic E-state index is 10.7. The third-order valence-corrected chi connectivity index (χ3v) is 3.05. The predicted molar refractivity (Wildman–Crippen MR) is 77.1 cm³/mol. The minimum atomic E-state index is -0.527. The fourth-order valence-electron chi connectivity index (χ4n) is 1.59. The number of aromatic nitrogens is 1. The first-order valence-electron chi connectivity index (χ1n) is 5.63. The third-order valence-electron chi connectivity index (χ3n) is 2.58. The molecule has 6 nitrogen and oxygen atoms in total. The van der Waals surface area contributed by atoms with E-state index in [1.165, 1.54) is 18.2 Å². The number of benzene rings is 1. The number of anilines is 1. The Morgan fingerprint density at radius 3 is 2.80 bits per heavy atom. The van der Waals surface area contributed by atoms with E-state index in [1.807, 2.05) is 18.2 Å². The monoisotopic (exact) mass is 332 g/mol. The Kier molecular flexibility index (Phi) is 4.27. The van der Waals surface area contributed by atoms with Crippen LogP contribution in [0.15, 0.2) is 41.0 Å². The Morgan fingerprint density at radius 1 is 1.40 bits per heavy atom. The fourth-order valence-corrected chi connectivity index (χ4v) is 1.82. The molecule has 2 aromatic rings. The smallest absolute Gasteiger partial charge is 0.270 e. The molecule has 0 bridgehead atoms. The number of non-ortho nitro benzene ring substituents is 1. The lowest BCUT2D eigenvalue weighted by Gasteiger charge is -2.07. The molecule has 7 heteroatoms. The molecule has 1 N–H and O–H groups in total. The van der Waals surface area contributed by atoms with Gasteiger partial charge in [0.15, 0.2) is 0 Å². The van der Waals surface area contributed by atoms with Gasteiger partial charge in [0.1, 0.15) is 6.07 Å². The van der Waals surface area contributed by atoms with Crippen LogP contribution < -0.4 is 5.32 Å². The van der Waals surface area contributed by atoms with Gasteiger partial charge >= 0.3 is 0 Å². The summed E-state index contributed by atoms with van der Waals surface area (Å²) in [7, 11) is 0. The Morgan fingerprint density at radius 2 is 2.20 bits per heavy atom. The van der Waals surface area contributed by atoms with Crippen molar-refractivity contribution in [2.45, 2.75) is 6.54 Å². The van der Waals surface area contributed by atoms with Crippen LogP contribution in [-0.2, 0) is 6.54 Å². The van der Waals surface area contributed by atoms with Gasteiger partial charge in [-0.3, -0.25) is 15.1 Å². The highest BCUT2D eigenvalue weighted by Gasteiger charge is 2.10. The number of hydrogen-bond acceptors (Lipinski definition) is 5. The number of nitro benzene ring substituents is 1. The van der Waals surface area contributed by atoms with Gasteiger partial charge in [0, 0.05) is 22.8 Å². The minimum Gasteiger partial charge on any atom is -0.378 e. The first kappa shape index (κ1) is 14.0. The average Bonchev–Trinajstić information content (AvgIpc) is 2.46. The topological polar surface area (TPSA) is 91.8 Å². The zero-order valence-corrected chi connectivity index (χ0v) is 11.8. The first-order chi connectivity index (χ1) is 9.60. The molecule has 0 unspecified atom stereocenters. The van der Waals surface area contributed by atoms with Crippen LogP contribution in [0.1, 0.15) is 11.3 Å². The molecule has 1 aromatic carbocycles. The van der Waals surface area contributed by atoms with Crippen molar-refractivity contribution in [2.75, 3.05) is 5.32 Å². The molecule has 0 aliphatic rings. The summed E-state index contributed by atoms with van der Waals surface area (Å²) in [6.07, 6.45) is 1.68. The second-order valence-electron chi connectivity index (χ2n) is 3.92. The Balaban J connectivity index is 2.15. The maximum atomic E-state index is 10.7. The summed E-state index contributed by atoms with van der Waals surface area (Å²) in [5.74, 6) is 0. The van der Waals surface area contributed by atoms with Crippen LogP contribution in [0, 0.1) is 21.4 Å². The van der Waals surface area contributed by atoms with E-state index >= 15 is 0 Å². The summed E-state index contributed by atoms with van der Waals surface area (Å²) in [5, 5.41) is 22.7. The van der Waals surface area contributed by atoms with Crippen molar-refractivity contribution in [1.82, 2.24) is 4.98 Å². The van der Waals surface area contributed by atoms with E-state index in [0.717, 1.165) is 10.2 Å². The van der Waals surface area contributed by atoms with Crippen molar-refractivity contribution < 1.29 is 4.92 Å². The van der Waals surface area contributed by atoms with Crippen molar-refractivity contribution in [3.63, 3.8) is 0 Å². The van der Waals surface area contributed by atoms with Gasteiger partial charge in [0.25, 0.3) is 5.69 Å². The van der Waals surface area contributed by atoms with E-state index in [9.17, 15) is 10.1 Å². The van der Waals surface area contributed by atoms with Gasteiger partial charge in [-0.15, -0.1) is 0 Å². The summed E-state index contributed by atoms with van der Waals surface area (Å²) < 4.78 is 0.884. The largest absolute Gasteiger partial charge is 0.378 e. The number of nitro groups is 1. The lowest BCUT2D eigenvalue weighted by Crippen LogP contribution is -2.03. The van der Waals surface area contributed by atoms with E-state index in [1.54, 1.807) is 6.20 Å². The Hall–Kier alpha value is -2.46. The predicted octanol–water partition coefficient (Wildman–Crippen LogP) is 3.24. The number of halogens is 1. The lowest BCUT2D eigenvalue weighted by molar-refractivity contribution is -0.384. The number of nitrogens with one attached hydrogen (secondary N) is 1. The summed E-state index contributed by atoms with van der Waals surface area (Å²) >= 11 is 3.30. The third kappa shape index (κ3) is 3.30. The van der Waals surface area contributed by atoms with Gasteiger partial charge in [-0.05, 0) is 34.1 Å². The normalized spacial score (nSPS) is 9.80. The molecule has 0 atom stereocenters. The highest BCUT2D eigenvalue weighted by molar-refractivity contribution is 9.10. The zero-order valence-electron chi connectivity index (χ0n) is 10.2. The second-order valence-corrected chi connectivity index (χ2v) is 4.84. The summed E-state index contributed by atoms with van der Waals surface area (Å²) in [5.41, 5.74) is 1.48. The molecule has 0 spiro atoms. The standard InChI is InChI=1S/C13H9BrN4O2/c14-10-1-2-11(16-7-10)8-17-13-4-3-12(18(19)20)5-9(13)6-15/h1-5,7,17H,8H2. The van der Waals surface area contributed by atoms with Gasteiger partial charge in [-0.2, -0.15) is 5.26 Å². The summed E-state index contributed by atoms with van der Waals surface area (Å²) in [4.78, 5) is 14.3. The quantitative estimate of drug-likeness (QED) is 0.685. The SMILES string of the molecule is N#Cc1cc([N+](=O)[O-])ccc1NCc1ccc(Br)cn1. The molecule has 1 heterocycles. The summed E-state index contributed by atoms with van der Waals surface area (Å²) in [6.45, 7) is 0.430. The van der Waals surface area contributed by atoms with Crippen LogP contribution in [0.25, 0.3) is 0 Å². The van der Waals surface area contributed by atoms with Gasteiger partial charge in [0.05, 0.1) is 28.4 Å². The molecule has 20 heavy (non-hydrogen) atoms. The van der Waals surface area contributed by atoms with E-state index < -0.39 is 4.92 Å². The molecule has 0 aliphatic heterocycles. The highest BCUT2D eigenvalue weighted by Crippen LogP contribution is 2.21. The maximum Gasteiger partial charge on any atom is 0.270 e. The molecule has 1 aromatic heterocycles. The fraction of sp³-hybridized carbons (Fsp3) is 0.0769.